The zero-order chi connectivity index (χ0) is 30.5. The Kier molecular flexibility index (Phi) is 17.4. The van der Waals surface area contributed by atoms with Crippen molar-refractivity contribution >= 4 is 11.4 Å². The molecule has 0 fully saturated rings. The second-order valence-corrected chi connectivity index (χ2v) is 13.9. The van der Waals surface area contributed by atoms with Gasteiger partial charge in [0, 0.05) is 0 Å². The number of hydrogen-bond donors (Lipinski definition) is 0. The van der Waals surface area contributed by atoms with Crippen LogP contribution < -0.4 is 9.47 Å². The van der Waals surface area contributed by atoms with Gasteiger partial charge in [0.1, 0.15) is 11.5 Å². The van der Waals surface area contributed by atoms with Crippen molar-refractivity contribution in [1.29, 1.82) is 0 Å². The van der Waals surface area contributed by atoms with Crippen LogP contribution in [-0.2, 0) is 0 Å². The van der Waals surface area contributed by atoms with Crippen LogP contribution in [0.1, 0.15) is 89.9 Å². The molecular weight excluding hydrogens is 520 g/mol. The lowest BCUT2D eigenvalue weighted by molar-refractivity contribution is -0.870. The van der Waals surface area contributed by atoms with E-state index in [2.05, 4.69) is 52.5 Å². The number of ether oxygens (including phenoxy) is 2. The zero-order valence-corrected chi connectivity index (χ0v) is 28.0. The third-order valence-electron chi connectivity index (χ3n) is 7.44. The zero-order valence-electron chi connectivity index (χ0n) is 28.0. The van der Waals surface area contributed by atoms with Gasteiger partial charge in [0.15, 0.2) is 0 Å². The Morgan fingerprint density at radius 1 is 0.405 bits per heavy atom. The first kappa shape index (κ1) is 35.8. The van der Waals surface area contributed by atoms with Gasteiger partial charge in [-0.15, -0.1) is 0 Å². The first-order valence-electron chi connectivity index (χ1n) is 16.6. The van der Waals surface area contributed by atoms with Gasteiger partial charge in [-0.3, -0.25) is 0 Å². The molecule has 0 saturated heterocycles. The molecule has 0 N–H and O–H groups in total. The summed E-state index contributed by atoms with van der Waals surface area (Å²) in [5.41, 5.74) is 1.64. The number of quaternary nitrogens is 2. The standard InChI is InChI=1S/C36H62N4O2/c1-39(2,3)29-17-13-9-7-11-15-19-31-41-35-25-21-33(22-26-35)37-38-34-23-27-36(28-24-34)42-32-20-16-12-8-10-14-18-30-40(4,5)6/h21-28H,7-20,29-32H2,1-6H3/q+2. The van der Waals surface area contributed by atoms with Crippen LogP contribution in [0.4, 0.5) is 11.4 Å². The quantitative estimate of drug-likeness (QED) is 0.0702. The molecule has 42 heavy (non-hydrogen) atoms. The van der Waals surface area contributed by atoms with Crippen molar-refractivity contribution in [1.82, 2.24) is 0 Å². The number of benzene rings is 2. The second-order valence-electron chi connectivity index (χ2n) is 13.9. The Balaban J connectivity index is 1.51. The maximum absolute atomic E-state index is 5.91. The summed E-state index contributed by atoms with van der Waals surface area (Å²) in [7, 11) is 13.6. The molecule has 2 rings (SSSR count). The van der Waals surface area contributed by atoms with E-state index >= 15 is 0 Å². The Morgan fingerprint density at radius 3 is 1.00 bits per heavy atom. The van der Waals surface area contributed by atoms with Gasteiger partial charge in [0.05, 0.1) is 80.0 Å². The average molecular weight is 583 g/mol. The van der Waals surface area contributed by atoms with E-state index in [0.717, 1.165) is 57.9 Å². The third kappa shape index (κ3) is 19.6. The van der Waals surface area contributed by atoms with Crippen LogP contribution in [0.15, 0.2) is 58.8 Å². The van der Waals surface area contributed by atoms with E-state index in [9.17, 15) is 0 Å². The SMILES string of the molecule is C[N+](C)(C)CCCCCCCCCOc1ccc(N=Nc2ccc(OCCCCCCCCC[N+](C)(C)C)cc2)cc1. The first-order valence-corrected chi connectivity index (χ1v) is 16.6. The second kappa shape index (κ2) is 20.5. The van der Waals surface area contributed by atoms with Crippen LogP contribution in [0.5, 0.6) is 11.5 Å². The van der Waals surface area contributed by atoms with Crippen molar-refractivity contribution in [2.75, 3.05) is 68.6 Å². The summed E-state index contributed by atoms with van der Waals surface area (Å²) in [6, 6.07) is 15.7. The molecule has 0 radical (unpaired) electrons. The molecule has 0 amide bonds. The van der Waals surface area contributed by atoms with Gasteiger partial charge in [0.2, 0.25) is 0 Å². The van der Waals surface area contributed by atoms with Gasteiger partial charge in [-0.05, 0) is 87.1 Å². The van der Waals surface area contributed by atoms with Crippen LogP contribution in [0.25, 0.3) is 0 Å². The van der Waals surface area contributed by atoms with E-state index in [1.165, 1.54) is 90.1 Å². The summed E-state index contributed by atoms with van der Waals surface area (Å²) in [6.45, 7) is 4.09. The van der Waals surface area contributed by atoms with E-state index < -0.39 is 0 Å². The average Bonchev–Trinajstić information content (AvgIpc) is 2.94. The van der Waals surface area contributed by atoms with E-state index in [1.54, 1.807) is 0 Å². The van der Waals surface area contributed by atoms with Crippen molar-refractivity contribution in [2.45, 2.75) is 89.9 Å². The summed E-state index contributed by atoms with van der Waals surface area (Å²) >= 11 is 0. The molecule has 0 aromatic heterocycles. The lowest BCUT2D eigenvalue weighted by Crippen LogP contribution is -2.35. The van der Waals surface area contributed by atoms with E-state index in [-0.39, 0.29) is 0 Å². The molecule has 0 atom stereocenters. The predicted molar refractivity (Wildman–Crippen MR) is 178 cm³/mol. The van der Waals surface area contributed by atoms with Gasteiger partial charge in [-0.2, -0.15) is 10.2 Å². The molecule has 0 saturated carbocycles. The molecule has 2 aromatic rings. The predicted octanol–water partition coefficient (Wildman–Crippen LogP) is 9.73. The molecule has 0 bridgehead atoms. The molecule has 6 nitrogen and oxygen atoms in total. The lowest BCUT2D eigenvalue weighted by atomic mass is 10.1. The van der Waals surface area contributed by atoms with Crippen LogP contribution >= 0.6 is 0 Å². The van der Waals surface area contributed by atoms with Crippen molar-refractivity contribution in [3.63, 3.8) is 0 Å². The number of hydrogen-bond acceptors (Lipinski definition) is 4. The maximum atomic E-state index is 5.91. The molecule has 236 valence electrons. The van der Waals surface area contributed by atoms with Crippen LogP contribution in [-0.4, -0.2) is 77.6 Å². The molecule has 0 spiro atoms. The summed E-state index contributed by atoms with van der Waals surface area (Å²) in [4.78, 5) is 0. The molecule has 2 aromatic carbocycles. The maximum Gasteiger partial charge on any atom is 0.119 e. The molecular formula is C36H62N4O2+2. The number of unbranched alkanes of at least 4 members (excludes halogenated alkanes) is 12. The van der Waals surface area contributed by atoms with E-state index in [0.29, 0.717) is 0 Å². The molecule has 0 unspecified atom stereocenters. The topological polar surface area (TPSA) is 43.2 Å². The minimum absolute atomic E-state index is 0.772. The van der Waals surface area contributed by atoms with Crippen LogP contribution in [0, 0.1) is 0 Å². The summed E-state index contributed by atoms with van der Waals surface area (Å²) in [5.74, 6) is 1.79. The minimum atomic E-state index is 0.772. The molecule has 0 aliphatic rings. The largest absolute Gasteiger partial charge is 0.494 e. The van der Waals surface area contributed by atoms with Crippen LogP contribution in [0.2, 0.25) is 0 Å². The Hall–Kier alpha value is -2.44. The highest BCUT2D eigenvalue weighted by Crippen LogP contribution is 2.23. The van der Waals surface area contributed by atoms with Gasteiger partial charge in [0.25, 0.3) is 0 Å². The third-order valence-corrected chi connectivity index (χ3v) is 7.44. The van der Waals surface area contributed by atoms with Crippen molar-refractivity contribution < 1.29 is 18.4 Å². The Morgan fingerprint density at radius 2 is 0.690 bits per heavy atom. The number of rotatable bonds is 24. The summed E-state index contributed by atoms with van der Waals surface area (Å²) in [5, 5.41) is 8.75. The summed E-state index contributed by atoms with van der Waals surface area (Å²) < 4.78 is 14.0. The highest BCUT2D eigenvalue weighted by molar-refractivity contribution is 5.44. The normalized spacial score (nSPS) is 12.2. The van der Waals surface area contributed by atoms with Gasteiger partial charge < -0.3 is 18.4 Å². The Bertz CT molecular complexity index is 880. The highest BCUT2D eigenvalue weighted by Gasteiger charge is 2.06. The van der Waals surface area contributed by atoms with Crippen LogP contribution in [0.3, 0.4) is 0 Å². The molecule has 0 heterocycles. The van der Waals surface area contributed by atoms with Crippen molar-refractivity contribution in [2.24, 2.45) is 10.2 Å². The monoisotopic (exact) mass is 582 g/mol. The fourth-order valence-corrected chi connectivity index (χ4v) is 4.86. The minimum Gasteiger partial charge on any atom is -0.494 e. The Labute approximate surface area is 258 Å². The summed E-state index contributed by atoms with van der Waals surface area (Å²) in [6.07, 6.45) is 18.1. The first-order chi connectivity index (χ1) is 20.1. The fourth-order valence-electron chi connectivity index (χ4n) is 4.86. The van der Waals surface area contributed by atoms with Gasteiger partial charge in [-0.25, -0.2) is 0 Å². The van der Waals surface area contributed by atoms with E-state index in [1.807, 2.05) is 48.5 Å². The highest BCUT2D eigenvalue weighted by atomic mass is 16.5. The number of azo groups is 1. The van der Waals surface area contributed by atoms with E-state index in [4.69, 9.17) is 9.47 Å². The molecule has 0 aliphatic heterocycles. The molecule has 6 heteroatoms. The number of nitrogens with zero attached hydrogens (tertiary/aromatic N) is 4. The van der Waals surface area contributed by atoms with Gasteiger partial charge in [-0.1, -0.05) is 51.4 Å². The van der Waals surface area contributed by atoms with Crippen molar-refractivity contribution in [3.8, 4) is 11.5 Å². The fraction of sp³-hybridized carbons (Fsp3) is 0.667. The van der Waals surface area contributed by atoms with Crippen molar-refractivity contribution in [3.05, 3.63) is 48.5 Å². The lowest BCUT2D eigenvalue weighted by Gasteiger charge is -2.23. The smallest absolute Gasteiger partial charge is 0.119 e. The van der Waals surface area contributed by atoms with Gasteiger partial charge >= 0.3 is 0 Å². The molecule has 0 aliphatic carbocycles.